The second-order valence-electron chi connectivity index (χ2n) is 5.27. The highest BCUT2D eigenvalue weighted by Crippen LogP contribution is 2.16. The van der Waals surface area contributed by atoms with Gasteiger partial charge in [0.05, 0.1) is 6.54 Å². The van der Waals surface area contributed by atoms with Gasteiger partial charge < -0.3 is 0 Å². The SMILES string of the molecule is Cc1ccc(C(=O)CN2CCC[C@H](C)C2)cc1. The number of benzene rings is 1. The zero-order valence-electron chi connectivity index (χ0n) is 10.8. The molecule has 1 fully saturated rings. The first-order valence-electron chi connectivity index (χ1n) is 6.47. The maximum Gasteiger partial charge on any atom is 0.176 e. The lowest BCUT2D eigenvalue weighted by Gasteiger charge is -2.30. The average molecular weight is 231 g/mol. The van der Waals surface area contributed by atoms with Gasteiger partial charge in [0.2, 0.25) is 0 Å². The highest BCUT2D eigenvalue weighted by Gasteiger charge is 2.18. The van der Waals surface area contributed by atoms with Gasteiger partial charge in [-0.05, 0) is 32.2 Å². The number of carbonyl (C=O) groups excluding carboxylic acids is 1. The Labute approximate surface area is 104 Å². The molecule has 17 heavy (non-hydrogen) atoms. The van der Waals surface area contributed by atoms with Crippen LogP contribution in [0.4, 0.5) is 0 Å². The highest BCUT2D eigenvalue weighted by atomic mass is 16.1. The van der Waals surface area contributed by atoms with Gasteiger partial charge in [0, 0.05) is 12.1 Å². The number of Topliss-reactive ketones (excluding diaryl/α,β-unsaturated/α-hetero) is 1. The number of hydrogen-bond donors (Lipinski definition) is 0. The standard InChI is InChI=1S/C15H21NO/c1-12-5-7-14(8-6-12)15(17)11-16-9-3-4-13(2)10-16/h5-8,13H,3-4,9-11H2,1-2H3/t13-/m0/s1. The molecule has 0 amide bonds. The van der Waals surface area contributed by atoms with Gasteiger partial charge in [-0.1, -0.05) is 36.8 Å². The maximum absolute atomic E-state index is 12.1. The molecule has 92 valence electrons. The number of carbonyl (C=O) groups is 1. The van der Waals surface area contributed by atoms with Crippen LogP contribution in [0.1, 0.15) is 35.7 Å². The summed E-state index contributed by atoms with van der Waals surface area (Å²) in [6, 6.07) is 7.88. The molecule has 2 heteroatoms. The van der Waals surface area contributed by atoms with Gasteiger partial charge >= 0.3 is 0 Å². The van der Waals surface area contributed by atoms with Crippen LogP contribution >= 0.6 is 0 Å². The minimum Gasteiger partial charge on any atom is -0.296 e. The highest BCUT2D eigenvalue weighted by molar-refractivity contribution is 5.97. The average Bonchev–Trinajstić information content (AvgIpc) is 2.29. The number of aryl methyl sites for hydroxylation is 1. The number of ketones is 1. The quantitative estimate of drug-likeness (QED) is 0.745. The van der Waals surface area contributed by atoms with E-state index in [1.54, 1.807) is 0 Å². The van der Waals surface area contributed by atoms with E-state index in [-0.39, 0.29) is 5.78 Å². The lowest BCUT2D eigenvalue weighted by molar-refractivity contribution is 0.0893. The Morgan fingerprint density at radius 2 is 2.06 bits per heavy atom. The first kappa shape index (κ1) is 12.3. The summed E-state index contributed by atoms with van der Waals surface area (Å²) in [4.78, 5) is 14.4. The summed E-state index contributed by atoms with van der Waals surface area (Å²) in [5.74, 6) is 0.980. The van der Waals surface area contributed by atoms with E-state index in [0.717, 1.165) is 24.6 Å². The number of piperidine rings is 1. The zero-order valence-corrected chi connectivity index (χ0v) is 10.8. The lowest BCUT2D eigenvalue weighted by Crippen LogP contribution is -2.37. The predicted molar refractivity (Wildman–Crippen MR) is 70.3 cm³/mol. The molecule has 0 saturated carbocycles. The fourth-order valence-corrected chi connectivity index (χ4v) is 2.46. The minimum absolute atomic E-state index is 0.249. The first-order valence-corrected chi connectivity index (χ1v) is 6.47. The Hall–Kier alpha value is -1.15. The van der Waals surface area contributed by atoms with Crippen molar-refractivity contribution in [1.29, 1.82) is 0 Å². The fourth-order valence-electron chi connectivity index (χ4n) is 2.46. The van der Waals surface area contributed by atoms with Crippen LogP contribution in [0.25, 0.3) is 0 Å². The molecule has 1 aliphatic rings. The van der Waals surface area contributed by atoms with E-state index in [2.05, 4.69) is 11.8 Å². The largest absolute Gasteiger partial charge is 0.296 e. The molecule has 0 radical (unpaired) electrons. The Bertz CT molecular complexity index is 382. The van der Waals surface area contributed by atoms with Gasteiger partial charge in [-0.3, -0.25) is 9.69 Å². The van der Waals surface area contributed by atoms with Gasteiger partial charge in [0.25, 0.3) is 0 Å². The molecule has 1 atom stereocenters. The molecule has 2 rings (SSSR count). The lowest BCUT2D eigenvalue weighted by atomic mass is 9.99. The molecule has 0 aliphatic carbocycles. The van der Waals surface area contributed by atoms with Crippen LogP contribution in [0.2, 0.25) is 0 Å². The molecule has 0 unspecified atom stereocenters. The Balaban J connectivity index is 1.94. The number of hydrogen-bond acceptors (Lipinski definition) is 2. The first-order chi connectivity index (χ1) is 8.15. The number of nitrogens with zero attached hydrogens (tertiary/aromatic N) is 1. The molecule has 0 spiro atoms. The van der Waals surface area contributed by atoms with E-state index in [9.17, 15) is 4.79 Å². The van der Waals surface area contributed by atoms with Crippen molar-refractivity contribution < 1.29 is 4.79 Å². The topological polar surface area (TPSA) is 20.3 Å². The van der Waals surface area contributed by atoms with Crippen LogP contribution in [-0.2, 0) is 0 Å². The molecule has 1 aliphatic heterocycles. The molecule has 2 nitrogen and oxygen atoms in total. The van der Waals surface area contributed by atoms with E-state index < -0.39 is 0 Å². The van der Waals surface area contributed by atoms with Crippen LogP contribution in [0, 0.1) is 12.8 Å². The monoisotopic (exact) mass is 231 g/mol. The Kier molecular flexibility index (Phi) is 3.95. The molecule has 1 heterocycles. The summed E-state index contributed by atoms with van der Waals surface area (Å²) in [5.41, 5.74) is 2.04. The third-order valence-corrected chi connectivity index (χ3v) is 3.48. The summed E-state index contributed by atoms with van der Waals surface area (Å²) >= 11 is 0. The van der Waals surface area contributed by atoms with Crippen molar-refractivity contribution in [2.45, 2.75) is 26.7 Å². The van der Waals surface area contributed by atoms with E-state index >= 15 is 0 Å². The number of likely N-dealkylation sites (tertiary alicyclic amines) is 1. The molecule has 0 N–H and O–H groups in total. The fraction of sp³-hybridized carbons (Fsp3) is 0.533. The van der Waals surface area contributed by atoms with E-state index in [4.69, 9.17) is 0 Å². The van der Waals surface area contributed by atoms with Crippen molar-refractivity contribution in [2.24, 2.45) is 5.92 Å². The smallest absolute Gasteiger partial charge is 0.176 e. The predicted octanol–water partition coefficient (Wildman–Crippen LogP) is 2.91. The van der Waals surface area contributed by atoms with Gasteiger partial charge in [0.1, 0.15) is 0 Å². The Morgan fingerprint density at radius 3 is 2.71 bits per heavy atom. The minimum atomic E-state index is 0.249. The second-order valence-corrected chi connectivity index (χ2v) is 5.27. The summed E-state index contributed by atoms with van der Waals surface area (Å²) in [7, 11) is 0. The van der Waals surface area contributed by atoms with E-state index in [0.29, 0.717) is 6.54 Å². The van der Waals surface area contributed by atoms with Crippen LogP contribution in [0.5, 0.6) is 0 Å². The third-order valence-electron chi connectivity index (χ3n) is 3.48. The van der Waals surface area contributed by atoms with Gasteiger partial charge in [-0.2, -0.15) is 0 Å². The molecular formula is C15H21NO. The normalized spacial score (nSPS) is 21.4. The maximum atomic E-state index is 12.1. The summed E-state index contributed by atoms with van der Waals surface area (Å²) in [6.07, 6.45) is 2.53. The van der Waals surface area contributed by atoms with Crippen molar-refractivity contribution in [3.8, 4) is 0 Å². The van der Waals surface area contributed by atoms with Crippen molar-refractivity contribution in [2.75, 3.05) is 19.6 Å². The van der Waals surface area contributed by atoms with E-state index in [1.807, 2.05) is 31.2 Å². The van der Waals surface area contributed by atoms with Crippen LogP contribution in [0.3, 0.4) is 0 Å². The van der Waals surface area contributed by atoms with Crippen molar-refractivity contribution >= 4 is 5.78 Å². The summed E-state index contributed by atoms with van der Waals surface area (Å²) in [6.45, 7) is 7.02. The van der Waals surface area contributed by atoms with Gasteiger partial charge in [0.15, 0.2) is 5.78 Å². The molecule has 0 bridgehead atoms. The van der Waals surface area contributed by atoms with E-state index in [1.165, 1.54) is 18.4 Å². The van der Waals surface area contributed by atoms with Crippen LogP contribution in [-0.4, -0.2) is 30.3 Å². The van der Waals surface area contributed by atoms with Gasteiger partial charge in [-0.25, -0.2) is 0 Å². The summed E-state index contributed by atoms with van der Waals surface area (Å²) < 4.78 is 0. The molecule has 1 aromatic carbocycles. The van der Waals surface area contributed by atoms with Crippen molar-refractivity contribution in [1.82, 2.24) is 4.90 Å². The molecule has 1 aromatic rings. The molecule has 1 saturated heterocycles. The number of rotatable bonds is 3. The van der Waals surface area contributed by atoms with Crippen LogP contribution < -0.4 is 0 Å². The van der Waals surface area contributed by atoms with Crippen molar-refractivity contribution in [3.05, 3.63) is 35.4 Å². The zero-order chi connectivity index (χ0) is 12.3. The second kappa shape index (κ2) is 5.46. The van der Waals surface area contributed by atoms with Crippen molar-refractivity contribution in [3.63, 3.8) is 0 Å². The summed E-state index contributed by atoms with van der Waals surface area (Å²) in [5, 5.41) is 0. The van der Waals surface area contributed by atoms with Gasteiger partial charge in [-0.15, -0.1) is 0 Å². The Morgan fingerprint density at radius 1 is 1.35 bits per heavy atom. The van der Waals surface area contributed by atoms with Crippen LogP contribution in [0.15, 0.2) is 24.3 Å². The third kappa shape index (κ3) is 3.40. The molecule has 0 aromatic heterocycles. The molecular weight excluding hydrogens is 210 g/mol.